The van der Waals surface area contributed by atoms with Gasteiger partial charge in [0.05, 0.1) is 11.5 Å². The summed E-state index contributed by atoms with van der Waals surface area (Å²) in [7, 11) is 0. The average molecular weight is 284 g/mol. The summed E-state index contributed by atoms with van der Waals surface area (Å²) in [5.74, 6) is -1.29. The van der Waals surface area contributed by atoms with Crippen molar-refractivity contribution in [1.29, 1.82) is 0 Å². The van der Waals surface area contributed by atoms with E-state index in [2.05, 4.69) is 4.98 Å². The summed E-state index contributed by atoms with van der Waals surface area (Å²) in [4.78, 5) is 4.08. The van der Waals surface area contributed by atoms with Crippen LogP contribution in [0.25, 0.3) is 0 Å². The summed E-state index contributed by atoms with van der Waals surface area (Å²) < 4.78 is 56.0. The molecule has 0 radical (unpaired) electrons. The molecule has 7 heteroatoms. The molecular weight excluding hydrogens is 273 g/mol. The number of rotatable bonds is 4. The van der Waals surface area contributed by atoms with Crippen molar-refractivity contribution in [3.63, 3.8) is 0 Å². The van der Waals surface area contributed by atoms with Gasteiger partial charge in [-0.1, -0.05) is 17.6 Å². The number of aromatic nitrogens is 1. The van der Waals surface area contributed by atoms with Crippen LogP contribution in [0.5, 0.6) is 5.75 Å². The molecule has 1 aromatic carbocycles. The monoisotopic (exact) mass is 284 g/mol. The maximum Gasteiger partial charge on any atom is 0.512 e. The van der Waals surface area contributed by atoms with Gasteiger partial charge in [-0.3, -0.25) is 4.98 Å². The van der Waals surface area contributed by atoms with E-state index >= 15 is 0 Å². The van der Waals surface area contributed by atoms with Crippen LogP contribution in [-0.2, 0) is 6.61 Å². The first-order valence-electron chi connectivity index (χ1n) is 5.90. The van der Waals surface area contributed by atoms with Crippen LogP contribution in [0.2, 0.25) is 0 Å². The SMILES string of the molecule is Cc1cccnc1COc1ccc([B-](F)(F)F)c(F)c1. The molecule has 0 amide bonds. The van der Waals surface area contributed by atoms with Crippen LogP contribution in [0.3, 0.4) is 0 Å². The highest BCUT2D eigenvalue weighted by Gasteiger charge is 2.28. The predicted octanol–water partition coefficient (Wildman–Crippen LogP) is 3.16. The molecule has 0 spiro atoms. The molecule has 0 unspecified atom stereocenters. The maximum atomic E-state index is 13.4. The van der Waals surface area contributed by atoms with Crippen molar-refractivity contribution in [2.75, 3.05) is 0 Å². The number of nitrogens with zero attached hydrogens (tertiary/aromatic N) is 1. The lowest BCUT2D eigenvalue weighted by Crippen LogP contribution is -2.36. The minimum Gasteiger partial charge on any atom is -0.487 e. The van der Waals surface area contributed by atoms with Crippen LogP contribution in [0.4, 0.5) is 17.3 Å². The maximum absolute atomic E-state index is 13.4. The van der Waals surface area contributed by atoms with Crippen LogP contribution >= 0.6 is 0 Å². The first-order valence-corrected chi connectivity index (χ1v) is 5.90. The number of ether oxygens (including phenoxy) is 1. The third kappa shape index (κ3) is 3.29. The van der Waals surface area contributed by atoms with E-state index in [1.165, 1.54) is 0 Å². The van der Waals surface area contributed by atoms with Gasteiger partial charge < -0.3 is 17.7 Å². The van der Waals surface area contributed by atoms with Crippen molar-refractivity contribution in [2.24, 2.45) is 0 Å². The molecule has 0 atom stereocenters. The average Bonchev–Trinajstić information content (AvgIpc) is 2.36. The number of hydrogen-bond donors (Lipinski definition) is 0. The van der Waals surface area contributed by atoms with Crippen LogP contribution in [0.1, 0.15) is 11.3 Å². The highest BCUT2D eigenvalue weighted by Crippen LogP contribution is 2.18. The third-order valence-electron chi connectivity index (χ3n) is 2.82. The summed E-state index contributed by atoms with van der Waals surface area (Å²) in [6.07, 6.45) is 1.58. The Morgan fingerprint density at radius 3 is 2.55 bits per heavy atom. The van der Waals surface area contributed by atoms with Crippen molar-refractivity contribution in [3.05, 3.63) is 53.6 Å². The largest absolute Gasteiger partial charge is 0.512 e. The molecule has 0 fully saturated rings. The lowest BCUT2D eigenvalue weighted by Gasteiger charge is -2.16. The van der Waals surface area contributed by atoms with Gasteiger partial charge in [-0.15, -0.1) is 0 Å². The van der Waals surface area contributed by atoms with Crippen LogP contribution in [0.15, 0.2) is 36.5 Å². The second kappa shape index (κ2) is 5.52. The van der Waals surface area contributed by atoms with E-state index in [0.29, 0.717) is 11.8 Å². The molecule has 2 aromatic rings. The van der Waals surface area contributed by atoms with Gasteiger partial charge in [-0.05, 0) is 24.6 Å². The topological polar surface area (TPSA) is 22.1 Å². The molecule has 1 aromatic heterocycles. The Labute approximate surface area is 113 Å². The summed E-state index contributed by atoms with van der Waals surface area (Å²) in [5.41, 5.74) is 0.298. The summed E-state index contributed by atoms with van der Waals surface area (Å²) in [6, 6.07) is 6.13. The fraction of sp³-hybridized carbons (Fsp3) is 0.154. The standard InChI is InChI=1S/C13H11BF4NO/c1-9-3-2-6-19-13(9)8-20-10-4-5-11(12(15)7-10)14(16,17)18/h2-7H,8H2,1H3/q-1. The minimum absolute atomic E-state index is 0.0383. The number of benzene rings is 1. The second-order valence-corrected chi connectivity index (χ2v) is 4.31. The zero-order valence-electron chi connectivity index (χ0n) is 10.6. The second-order valence-electron chi connectivity index (χ2n) is 4.31. The van der Waals surface area contributed by atoms with E-state index in [1.54, 1.807) is 12.3 Å². The highest BCUT2D eigenvalue weighted by molar-refractivity contribution is 6.73. The molecular formula is C13H11BF4NO-. The Morgan fingerprint density at radius 2 is 1.95 bits per heavy atom. The van der Waals surface area contributed by atoms with Gasteiger partial charge in [-0.2, -0.15) is 0 Å². The molecule has 0 bridgehead atoms. The Morgan fingerprint density at radius 1 is 1.20 bits per heavy atom. The molecule has 0 aliphatic heterocycles. The fourth-order valence-corrected chi connectivity index (χ4v) is 1.68. The number of pyridine rings is 1. The van der Waals surface area contributed by atoms with E-state index in [4.69, 9.17) is 4.74 Å². The van der Waals surface area contributed by atoms with Crippen LogP contribution in [-0.4, -0.2) is 12.0 Å². The fourth-order valence-electron chi connectivity index (χ4n) is 1.68. The minimum atomic E-state index is -5.35. The first kappa shape index (κ1) is 14.4. The smallest absolute Gasteiger partial charge is 0.487 e. The zero-order chi connectivity index (χ0) is 14.8. The number of aryl methyl sites for hydroxylation is 1. The molecule has 2 rings (SSSR count). The zero-order valence-corrected chi connectivity index (χ0v) is 10.6. The van der Waals surface area contributed by atoms with Gasteiger partial charge in [0.25, 0.3) is 0 Å². The highest BCUT2D eigenvalue weighted by atomic mass is 19.4. The molecule has 0 aliphatic rings. The number of hydrogen-bond acceptors (Lipinski definition) is 2. The van der Waals surface area contributed by atoms with Crippen LogP contribution < -0.4 is 10.2 Å². The van der Waals surface area contributed by atoms with Crippen molar-refractivity contribution in [2.45, 2.75) is 13.5 Å². The van der Waals surface area contributed by atoms with Gasteiger partial charge in [0.2, 0.25) is 0 Å². The number of halogens is 4. The Kier molecular flexibility index (Phi) is 3.97. The van der Waals surface area contributed by atoms with Gasteiger partial charge in [0.15, 0.2) is 0 Å². The van der Waals surface area contributed by atoms with E-state index in [0.717, 1.165) is 17.7 Å². The summed E-state index contributed by atoms with van der Waals surface area (Å²) >= 11 is 0. The van der Waals surface area contributed by atoms with E-state index in [9.17, 15) is 17.3 Å². The van der Waals surface area contributed by atoms with Gasteiger partial charge in [0, 0.05) is 12.3 Å². The summed E-state index contributed by atoms with van der Waals surface area (Å²) in [6.45, 7) is -3.45. The molecule has 1 heterocycles. The molecule has 106 valence electrons. The van der Waals surface area contributed by atoms with Crippen molar-refractivity contribution < 1.29 is 22.1 Å². The molecule has 0 saturated heterocycles. The van der Waals surface area contributed by atoms with E-state index < -0.39 is 18.3 Å². The quantitative estimate of drug-likeness (QED) is 0.635. The van der Waals surface area contributed by atoms with Crippen molar-refractivity contribution in [1.82, 2.24) is 4.98 Å². The van der Waals surface area contributed by atoms with Crippen molar-refractivity contribution >= 4 is 12.4 Å². The Bertz CT molecular complexity index is 616. The van der Waals surface area contributed by atoms with E-state index in [-0.39, 0.29) is 12.4 Å². The normalized spacial score (nSPS) is 11.4. The lowest BCUT2D eigenvalue weighted by atomic mass is 9.80. The molecule has 20 heavy (non-hydrogen) atoms. The molecule has 0 aliphatic carbocycles. The van der Waals surface area contributed by atoms with Gasteiger partial charge >= 0.3 is 6.98 Å². The summed E-state index contributed by atoms with van der Waals surface area (Å²) in [5, 5.41) is 0. The predicted molar refractivity (Wildman–Crippen MR) is 68.4 cm³/mol. The molecule has 0 saturated carbocycles. The van der Waals surface area contributed by atoms with Gasteiger partial charge in [-0.25, -0.2) is 4.39 Å². The van der Waals surface area contributed by atoms with Crippen LogP contribution in [0, 0.1) is 12.7 Å². The lowest BCUT2D eigenvalue weighted by molar-refractivity contribution is 0.299. The van der Waals surface area contributed by atoms with Crippen molar-refractivity contribution in [3.8, 4) is 5.75 Å². The first-order chi connectivity index (χ1) is 9.38. The van der Waals surface area contributed by atoms with Gasteiger partial charge in [0.1, 0.15) is 12.4 Å². The third-order valence-corrected chi connectivity index (χ3v) is 2.82. The molecule has 2 nitrogen and oxygen atoms in total. The molecule has 0 N–H and O–H groups in total. The Hall–Kier alpha value is -2.05. The Balaban J connectivity index is 2.12. The van der Waals surface area contributed by atoms with E-state index in [1.807, 2.05) is 13.0 Å².